The van der Waals surface area contributed by atoms with E-state index in [1.165, 1.54) is 12.1 Å². The number of hydrogen-bond acceptors (Lipinski definition) is 3. The summed E-state index contributed by atoms with van der Waals surface area (Å²) in [5.41, 5.74) is 10.2. The zero-order valence-corrected chi connectivity index (χ0v) is 11.8. The Labute approximate surface area is 118 Å². The number of nitrogens with one attached hydrogen (secondary N) is 1. The molecular weight excluding hydrogens is 252 g/mol. The van der Waals surface area contributed by atoms with Gasteiger partial charge >= 0.3 is 0 Å². The third kappa shape index (κ3) is 2.74. The van der Waals surface area contributed by atoms with Gasteiger partial charge in [-0.3, -0.25) is 4.79 Å². The SMILES string of the molecule is Cc1cc(C)c(C(=O)Nc2ccc(O)cc2N)c(C)c1. The lowest BCUT2D eigenvalue weighted by Gasteiger charge is -2.13. The average Bonchev–Trinajstić information content (AvgIpc) is 2.31. The number of carbonyl (C=O) groups is 1. The summed E-state index contributed by atoms with van der Waals surface area (Å²) in [6.07, 6.45) is 0. The van der Waals surface area contributed by atoms with Crippen LogP contribution in [0, 0.1) is 20.8 Å². The number of phenols is 1. The Morgan fingerprint density at radius 1 is 1.10 bits per heavy atom. The van der Waals surface area contributed by atoms with Crippen LogP contribution >= 0.6 is 0 Å². The molecule has 0 radical (unpaired) electrons. The Kier molecular flexibility index (Phi) is 3.66. The highest BCUT2D eigenvalue weighted by Crippen LogP contribution is 2.25. The van der Waals surface area contributed by atoms with Crippen LogP contribution in [0.3, 0.4) is 0 Å². The van der Waals surface area contributed by atoms with Gasteiger partial charge in [-0.2, -0.15) is 0 Å². The van der Waals surface area contributed by atoms with Crippen molar-refractivity contribution in [2.24, 2.45) is 0 Å². The van der Waals surface area contributed by atoms with Crippen molar-refractivity contribution in [3.63, 3.8) is 0 Å². The van der Waals surface area contributed by atoms with Gasteiger partial charge in [0.25, 0.3) is 5.91 Å². The van der Waals surface area contributed by atoms with E-state index in [0.29, 0.717) is 16.9 Å². The maximum Gasteiger partial charge on any atom is 0.256 e. The topological polar surface area (TPSA) is 75.3 Å². The molecule has 4 heteroatoms. The summed E-state index contributed by atoms with van der Waals surface area (Å²) < 4.78 is 0. The van der Waals surface area contributed by atoms with Crippen LogP contribution in [-0.4, -0.2) is 11.0 Å². The van der Waals surface area contributed by atoms with Gasteiger partial charge in [-0.05, 0) is 44.0 Å². The smallest absolute Gasteiger partial charge is 0.256 e. The number of nitrogen functional groups attached to an aromatic ring is 1. The molecule has 0 aromatic heterocycles. The summed E-state index contributed by atoms with van der Waals surface area (Å²) in [4.78, 5) is 12.4. The number of benzene rings is 2. The monoisotopic (exact) mass is 270 g/mol. The van der Waals surface area contributed by atoms with Crippen LogP contribution in [0.4, 0.5) is 11.4 Å². The predicted molar refractivity (Wildman–Crippen MR) is 81.1 cm³/mol. The van der Waals surface area contributed by atoms with Gasteiger partial charge in [0.15, 0.2) is 0 Å². The van der Waals surface area contributed by atoms with E-state index >= 15 is 0 Å². The lowest BCUT2D eigenvalue weighted by Crippen LogP contribution is -2.16. The molecule has 2 aromatic carbocycles. The highest BCUT2D eigenvalue weighted by molar-refractivity contribution is 6.07. The normalized spacial score (nSPS) is 10.3. The minimum absolute atomic E-state index is 0.0724. The molecule has 0 saturated heterocycles. The van der Waals surface area contributed by atoms with Gasteiger partial charge in [0, 0.05) is 11.6 Å². The molecule has 0 spiro atoms. The summed E-state index contributed by atoms with van der Waals surface area (Å²) in [6.45, 7) is 5.82. The van der Waals surface area contributed by atoms with E-state index in [-0.39, 0.29) is 11.7 Å². The third-order valence-electron chi connectivity index (χ3n) is 3.19. The summed E-state index contributed by atoms with van der Waals surface area (Å²) in [7, 11) is 0. The number of nitrogens with two attached hydrogens (primary N) is 1. The summed E-state index contributed by atoms with van der Waals surface area (Å²) in [5, 5.41) is 12.1. The molecule has 0 unspecified atom stereocenters. The highest BCUT2D eigenvalue weighted by Gasteiger charge is 2.14. The number of phenolic OH excluding ortho intramolecular Hbond substituents is 1. The van der Waals surface area contributed by atoms with Crippen LogP contribution < -0.4 is 11.1 Å². The first-order valence-corrected chi connectivity index (χ1v) is 6.36. The van der Waals surface area contributed by atoms with E-state index in [1.807, 2.05) is 32.9 Å². The molecule has 0 aliphatic carbocycles. The van der Waals surface area contributed by atoms with E-state index < -0.39 is 0 Å². The Hall–Kier alpha value is -2.49. The second-order valence-corrected chi connectivity index (χ2v) is 5.00. The molecule has 0 heterocycles. The van der Waals surface area contributed by atoms with Gasteiger partial charge in [0.2, 0.25) is 0 Å². The predicted octanol–water partition coefficient (Wildman–Crippen LogP) is 3.15. The van der Waals surface area contributed by atoms with Gasteiger partial charge in [0.05, 0.1) is 11.4 Å². The Balaban J connectivity index is 2.33. The molecule has 0 bridgehead atoms. The molecule has 1 amide bonds. The fourth-order valence-corrected chi connectivity index (χ4v) is 2.39. The van der Waals surface area contributed by atoms with Crippen molar-refractivity contribution >= 4 is 17.3 Å². The number of carbonyl (C=O) groups excluding carboxylic acids is 1. The molecule has 2 aromatic rings. The summed E-state index contributed by atoms with van der Waals surface area (Å²) in [6, 6.07) is 8.43. The molecule has 0 atom stereocenters. The fourth-order valence-electron chi connectivity index (χ4n) is 2.39. The van der Waals surface area contributed by atoms with Crippen molar-refractivity contribution in [1.82, 2.24) is 0 Å². The van der Waals surface area contributed by atoms with Crippen molar-refractivity contribution in [1.29, 1.82) is 0 Å². The van der Waals surface area contributed by atoms with Gasteiger partial charge in [-0.25, -0.2) is 0 Å². The first-order valence-electron chi connectivity index (χ1n) is 6.36. The van der Waals surface area contributed by atoms with Crippen molar-refractivity contribution in [3.8, 4) is 5.75 Å². The number of amides is 1. The number of anilines is 2. The van der Waals surface area contributed by atoms with E-state index in [9.17, 15) is 9.90 Å². The molecule has 4 N–H and O–H groups in total. The van der Waals surface area contributed by atoms with Crippen molar-refractivity contribution in [2.75, 3.05) is 11.1 Å². The second-order valence-electron chi connectivity index (χ2n) is 5.00. The van der Waals surface area contributed by atoms with E-state index in [2.05, 4.69) is 5.32 Å². The number of aromatic hydroxyl groups is 1. The van der Waals surface area contributed by atoms with Crippen molar-refractivity contribution < 1.29 is 9.90 Å². The minimum atomic E-state index is -0.197. The van der Waals surface area contributed by atoms with Gasteiger partial charge in [0.1, 0.15) is 5.75 Å². The van der Waals surface area contributed by atoms with Gasteiger partial charge in [-0.1, -0.05) is 17.7 Å². The Bertz CT molecular complexity index is 655. The van der Waals surface area contributed by atoms with E-state index in [0.717, 1.165) is 16.7 Å². The van der Waals surface area contributed by atoms with Crippen LogP contribution in [0.25, 0.3) is 0 Å². The van der Waals surface area contributed by atoms with Gasteiger partial charge < -0.3 is 16.2 Å². The Morgan fingerprint density at radius 3 is 2.25 bits per heavy atom. The maximum atomic E-state index is 12.4. The van der Waals surface area contributed by atoms with Crippen LogP contribution in [-0.2, 0) is 0 Å². The molecule has 4 nitrogen and oxygen atoms in total. The van der Waals surface area contributed by atoms with Crippen LogP contribution in [0.5, 0.6) is 5.75 Å². The largest absolute Gasteiger partial charge is 0.508 e. The Morgan fingerprint density at radius 2 is 1.70 bits per heavy atom. The summed E-state index contributed by atoms with van der Waals surface area (Å²) >= 11 is 0. The molecule has 0 saturated carbocycles. The van der Waals surface area contributed by atoms with Crippen LogP contribution in [0.1, 0.15) is 27.0 Å². The molecule has 20 heavy (non-hydrogen) atoms. The average molecular weight is 270 g/mol. The quantitative estimate of drug-likeness (QED) is 0.579. The number of rotatable bonds is 2. The standard InChI is InChI=1S/C16H18N2O2/c1-9-6-10(2)15(11(3)7-9)16(20)18-14-5-4-12(19)8-13(14)17/h4-8,19H,17H2,1-3H3,(H,18,20). The first kappa shape index (κ1) is 13.9. The first-order chi connectivity index (χ1) is 9.38. The third-order valence-corrected chi connectivity index (χ3v) is 3.19. The zero-order chi connectivity index (χ0) is 14.9. The molecular formula is C16H18N2O2. The minimum Gasteiger partial charge on any atom is -0.508 e. The lowest BCUT2D eigenvalue weighted by molar-refractivity contribution is 0.102. The molecule has 0 aliphatic rings. The molecule has 0 fully saturated rings. The number of aryl methyl sites for hydroxylation is 3. The zero-order valence-electron chi connectivity index (χ0n) is 11.8. The maximum absolute atomic E-state index is 12.4. The molecule has 2 rings (SSSR count). The van der Waals surface area contributed by atoms with Crippen LogP contribution in [0.15, 0.2) is 30.3 Å². The second kappa shape index (κ2) is 5.25. The molecule has 0 aliphatic heterocycles. The van der Waals surface area contributed by atoms with Crippen LogP contribution in [0.2, 0.25) is 0 Å². The van der Waals surface area contributed by atoms with Gasteiger partial charge in [-0.15, -0.1) is 0 Å². The highest BCUT2D eigenvalue weighted by atomic mass is 16.3. The lowest BCUT2D eigenvalue weighted by atomic mass is 9.99. The van der Waals surface area contributed by atoms with Crippen molar-refractivity contribution in [2.45, 2.75) is 20.8 Å². The molecule has 104 valence electrons. The van der Waals surface area contributed by atoms with E-state index in [4.69, 9.17) is 5.73 Å². The van der Waals surface area contributed by atoms with Crippen molar-refractivity contribution in [3.05, 3.63) is 52.6 Å². The van der Waals surface area contributed by atoms with E-state index in [1.54, 1.807) is 6.07 Å². The summed E-state index contributed by atoms with van der Waals surface area (Å²) in [5.74, 6) is -0.124. The fraction of sp³-hybridized carbons (Fsp3) is 0.188. The number of hydrogen-bond donors (Lipinski definition) is 3.